The molecule has 0 aliphatic heterocycles. The lowest BCUT2D eigenvalue weighted by atomic mass is 9.83. The summed E-state index contributed by atoms with van der Waals surface area (Å²) in [5.41, 5.74) is 1.27. The van der Waals surface area contributed by atoms with E-state index in [9.17, 15) is 15.3 Å². The van der Waals surface area contributed by atoms with Gasteiger partial charge in [-0.3, -0.25) is 0 Å². The lowest BCUT2D eigenvalue weighted by molar-refractivity contribution is -0.0210. The fraction of sp³-hybridized carbons (Fsp3) is 0.222. The van der Waals surface area contributed by atoms with Crippen LogP contribution in [0.3, 0.4) is 0 Å². The number of hydrogen-bond donors (Lipinski definition) is 3. The second-order valence-corrected chi connectivity index (χ2v) is 6.87. The van der Waals surface area contributed by atoms with E-state index in [0.717, 1.165) is 21.5 Å². The third-order valence-corrected chi connectivity index (χ3v) is 5.58. The van der Waals surface area contributed by atoms with Crippen LogP contribution in [0, 0.1) is 0 Å². The van der Waals surface area contributed by atoms with Crippen LogP contribution in [0.2, 0.25) is 0 Å². The van der Waals surface area contributed by atoms with Crippen LogP contribution in [0.5, 0.6) is 0 Å². The first-order chi connectivity index (χ1) is 10.6. The van der Waals surface area contributed by atoms with Crippen LogP contribution in [-0.4, -0.2) is 26.3 Å². The van der Waals surface area contributed by atoms with Gasteiger partial charge < -0.3 is 15.3 Å². The van der Waals surface area contributed by atoms with Crippen molar-refractivity contribution in [3.05, 3.63) is 59.7 Å². The Balaban J connectivity index is 2.06. The predicted molar refractivity (Wildman–Crippen MR) is 90.1 cm³/mol. The van der Waals surface area contributed by atoms with Crippen LogP contribution in [-0.2, 0) is 0 Å². The molecule has 112 valence electrons. The molecule has 0 saturated heterocycles. The van der Waals surface area contributed by atoms with E-state index in [2.05, 4.69) is 28.1 Å². The van der Waals surface area contributed by atoms with Crippen molar-refractivity contribution in [1.29, 1.82) is 0 Å². The lowest BCUT2D eigenvalue weighted by Gasteiger charge is -2.34. The third-order valence-electron chi connectivity index (χ3n) is 4.54. The first kappa shape index (κ1) is 14.2. The molecular formula is C18H15BrO3. The smallest absolute Gasteiger partial charge is 0.106 e. The number of aliphatic hydroxyl groups is 3. The van der Waals surface area contributed by atoms with E-state index in [1.165, 1.54) is 0 Å². The topological polar surface area (TPSA) is 60.7 Å². The molecule has 0 radical (unpaired) electrons. The number of aliphatic hydroxyl groups excluding tert-OH is 3. The molecule has 0 saturated carbocycles. The number of hydrogen-bond acceptors (Lipinski definition) is 3. The summed E-state index contributed by atoms with van der Waals surface area (Å²) in [7, 11) is 0. The van der Waals surface area contributed by atoms with Gasteiger partial charge in [0.2, 0.25) is 0 Å². The molecule has 1 unspecified atom stereocenters. The van der Waals surface area contributed by atoms with Crippen molar-refractivity contribution < 1.29 is 15.3 Å². The second kappa shape index (κ2) is 5.03. The van der Waals surface area contributed by atoms with Crippen LogP contribution in [0.1, 0.15) is 23.3 Å². The number of halogens is 1. The molecule has 1 aliphatic carbocycles. The predicted octanol–water partition coefficient (Wildman–Crippen LogP) is 3.20. The zero-order valence-corrected chi connectivity index (χ0v) is 13.2. The van der Waals surface area contributed by atoms with Crippen molar-refractivity contribution in [2.45, 2.75) is 23.1 Å². The van der Waals surface area contributed by atoms with E-state index in [4.69, 9.17) is 0 Å². The van der Waals surface area contributed by atoms with Gasteiger partial charge in [0.15, 0.2) is 0 Å². The maximum atomic E-state index is 10.4. The summed E-state index contributed by atoms with van der Waals surface area (Å²) >= 11 is 3.28. The Labute approximate surface area is 135 Å². The minimum Gasteiger partial charge on any atom is -0.389 e. The van der Waals surface area contributed by atoms with Gasteiger partial charge in [-0.15, -0.1) is 0 Å². The van der Waals surface area contributed by atoms with E-state index >= 15 is 0 Å². The summed E-state index contributed by atoms with van der Waals surface area (Å²) in [6.45, 7) is 0. The quantitative estimate of drug-likeness (QED) is 0.427. The highest BCUT2D eigenvalue weighted by molar-refractivity contribution is 9.09. The van der Waals surface area contributed by atoms with Gasteiger partial charge in [0.05, 0.1) is 17.0 Å². The average Bonchev–Trinajstić information content (AvgIpc) is 2.56. The van der Waals surface area contributed by atoms with Crippen LogP contribution >= 0.6 is 15.9 Å². The fourth-order valence-electron chi connectivity index (χ4n) is 3.32. The van der Waals surface area contributed by atoms with Gasteiger partial charge in [0.25, 0.3) is 0 Å². The Kier molecular flexibility index (Phi) is 3.24. The standard InChI is InChI=1S/C18H15BrO3/c19-15-16(20)14-8-12-10(7-13(14)17(21)18(15)22)6-5-9-3-1-2-4-11(9)12/h1-8,15-18,20-22H/t15-,16-,17?,18-/m1/s1. The normalized spacial score (nSPS) is 28.0. The Hall–Kier alpha value is -1.46. The summed E-state index contributed by atoms with van der Waals surface area (Å²) in [6.07, 6.45) is -2.88. The molecule has 0 spiro atoms. The number of benzene rings is 3. The number of rotatable bonds is 0. The van der Waals surface area contributed by atoms with Crippen molar-refractivity contribution in [2.75, 3.05) is 0 Å². The Bertz CT molecular complexity index is 877. The van der Waals surface area contributed by atoms with Gasteiger partial charge in [-0.05, 0) is 44.8 Å². The van der Waals surface area contributed by atoms with E-state index in [1.807, 2.05) is 36.4 Å². The maximum absolute atomic E-state index is 10.4. The Morgan fingerprint density at radius 1 is 0.727 bits per heavy atom. The molecular weight excluding hydrogens is 344 g/mol. The van der Waals surface area contributed by atoms with Crippen molar-refractivity contribution in [1.82, 2.24) is 0 Å². The largest absolute Gasteiger partial charge is 0.389 e. The molecule has 0 heterocycles. The summed E-state index contributed by atoms with van der Waals surface area (Å²) in [5, 5.41) is 35.1. The molecule has 22 heavy (non-hydrogen) atoms. The first-order valence-electron chi connectivity index (χ1n) is 7.21. The molecule has 4 atom stereocenters. The second-order valence-electron chi connectivity index (χ2n) is 5.81. The summed E-state index contributed by atoms with van der Waals surface area (Å²) in [4.78, 5) is -0.581. The minimum atomic E-state index is -1.03. The van der Waals surface area contributed by atoms with Crippen molar-refractivity contribution in [2.24, 2.45) is 0 Å². The molecule has 0 aromatic heterocycles. The van der Waals surface area contributed by atoms with Gasteiger partial charge in [-0.2, -0.15) is 0 Å². The molecule has 4 heteroatoms. The summed E-state index contributed by atoms with van der Waals surface area (Å²) in [5.74, 6) is 0. The van der Waals surface area contributed by atoms with Gasteiger partial charge >= 0.3 is 0 Å². The molecule has 0 fully saturated rings. The molecule has 0 bridgehead atoms. The van der Waals surface area contributed by atoms with Crippen LogP contribution in [0.25, 0.3) is 21.5 Å². The van der Waals surface area contributed by atoms with Crippen molar-refractivity contribution in [3.8, 4) is 0 Å². The van der Waals surface area contributed by atoms with Crippen LogP contribution in [0.4, 0.5) is 0 Å². The van der Waals surface area contributed by atoms with E-state index in [0.29, 0.717) is 11.1 Å². The van der Waals surface area contributed by atoms with Gasteiger partial charge in [-0.25, -0.2) is 0 Å². The van der Waals surface area contributed by atoms with Gasteiger partial charge in [0.1, 0.15) is 6.10 Å². The van der Waals surface area contributed by atoms with E-state index in [1.54, 1.807) is 0 Å². The lowest BCUT2D eigenvalue weighted by Crippen LogP contribution is -2.38. The van der Waals surface area contributed by atoms with Crippen LogP contribution in [0.15, 0.2) is 48.5 Å². The summed E-state index contributed by atoms with van der Waals surface area (Å²) in [6, 6.07) is 15.9. The highest BCUT2D eigenvalue weighted by Gasteiger charge is 2.39. The highest BCUT2D eigenvalue weighted by Crippen LogP contribution is 2.42. The summed E-state index contributed by atoms with van der Waals surface area (Å²) < 4.78 is 0. The molecule has 1 aliphatic rings. The first-order valence-corrected chi connectivity index (χ1v) is 8.13. The molecule has 4 rings (SSSR count). The minimum absolute atomic E-state index is 0.581. The maximum Gasteiger partial charge on any atom is 0.106 e. The molecule has 3 aromatic carbocycles. The highest BCUT2D eigenvalue weighted by atomic mass is 79.9. The molecule has 3 N–H and O–H groups in total. The molecule has 3 nitrogen and oxygen atoms in total. The van der Waals surface area contributed by atoms with E-state index < -0.39 is 23.1 Å². The van der Waals surface area contributed by atoms with Crippen LogP contribution < -0.4 is 0 Å². The van der Waals surface area contributed by atoms with Crippen molar-refractivity contribution >= 4 is 37.5 Å². The van der Waals surface area contributed by atoms with Gasteiger partial charge in [-0.1, -0.05) is 52.3 Å². The monoisotopic (exact) mass is 358 g/mol. The number of fused-ring (bicyclic) bond motifs is 4. The van der Waals surface area contributed by atoms with Gasteiger partial charge in [0, 0.05) is 0 Å². The third kappa shape index (κ3) is 1.92. The molecule has 3 aromatic rings. The van der Waals surface area contributed by atoms with E-state index in [-0.39, 0.29) is 0 Å². The Morgan fingerprint density at radius 3 is 2.23 bits per heavy atom. The fourth-order valence-corrected chi connectivity index (χ4v) is 3.89. The zero-order valence-electron chi connectivity index (χ0n) is 11.6. The SMILES string of the molecule is OC1c2cc3ccc4ccccc4c3cc2[C@@H](O)[C@@H](Br)[C@H]1O. The zero-order chi connectivity index (χ0) is 15.4. The van der Waals surface area contributed by atoms with Crippen molar-refractivity contribution in [3.63, 3.8) is 0 Å². The molecule has 0 amide bonds. The number of alkyl halides is 1. The average molecular weight is 359 g/mol. The Morgan fingerprint density at radius 2 is 1.41 bits per heavy atom.